The highest BCUT2D eigenvalue weighted by Gasteiger charge is 2.29. The molecule has 2 amide bonds. The number of aryl methyl sites for hydroxylation is 1. The zero-order valence-electron chi connectivity index (χ0n) is 16.5. The van der Waals surface area contributed by atoms with Gasteiger partial charge in [-0.15, -0.1) is 0 Å². The maximum atomic E-state index is 13.3. The Hall–Kier alpha value is -2.04. The molecule has 0 fully saturated rings. The molecule has 2 aromatic carbocycles. The average molecular weight is 421 g/mol. The summed E-state index contributed by atoms with van der Waals surface area (Å²) in [5.74, 6) is -0.339. The number of halogens is 2. The molecule has 0 saturated carbocycles. The van der Waals surface area contributed by atoms with Crippen molar-refractivity contribution in [1.82, 2.24) is 10.2 Å². The smallest absolute Gasteiger partial charge is 0.242 e. The van der Waals surface area contributed by atoms with Gasteiger partial charge in [0, 0.05) is 23.1 Å². The topological polar surface area (TPSA) is 49.4 Å². The average Bonchev–Trinajstić information content (AvgIpc) is 2.66. The van der Waals surface area contributed by atoms with Crippen molar-refractivity contribution in [2.24, 2.45) is 0 Å². The minimum absolute atomic E-state index is 0.0420. The summed E-state index contributed by atoms with van der Waals surface area (Å²) in [6.07, 6.45) is 0.556. The van der Waals surface area contributed by atoms with Gasteiger partial charge in [0.15, 0.2) is 0 Å². The van der Waals surface area contributed by atoms with E-state index in [1.807, 2.05) is 45.0 Å². The summed E-state index contributed by atoms with van der Waals surface area (Å²) in [6, 6.07) is 12.5. The second kappa shape index (κ2) is 10.5. The fraction of sp³-hybridized carbons (Fsp3) is 0.364. The molecular formula is C22H26Cl2N2O2. The maximum Gasteiger partial charge on any atom is 0.242 e. The largest absolute Gasteiger partial charge is 0.355 e. The highest BCUT2D eigenvalue weighted by atomic mass is 35.5. The molecule has 4 nitrogen and oxygen atoms in total. The molecule has 2 aromatic rings. The predicted octanol–water partition coefficient (Wildman–Crippen LogP) is 4.79. The number of rotatable bonds is 8. The molecule has 2 rings (SSSR count). The maximum absolute atomic E-state index is 13.3. The molecule has 0 spiro atoms. The molecule has 1 unspecified atom stereocenters. The molecule has 0 aromatic heterocycles. The van der Waals surface area contributed by atoms with Crippen molar-refractivity contribution in [3.63, 3.8) is 0 Å². The zero-order chi connectivity index (χ0) is 20.7. The van der Waals surface area contributed by atoms with Gasteiger partial charge in [-0.2, -0.15) is 0 Å². The summed E-state index contributed by atoms with van der Waals surface area (Å²) < 4.78 is 0. The Morgan fingerprint density at radius 1 is 1.04 bits per heavy atom. The van der Waals surface area contributed by atoms with E-state index in [4.69, 9.17) is 23.2 Å². The van der Waals surface area contributed by atoms with Gasteiger partial charge in [-0.1, -0.05) is 60.5 Å². The second-order valence-corrected chi connectivity index (χ2v) is 7.46. The summed E-state index contributed by atoms with van der Waals surface area (Å²) in [6.45, 7) is 6.62. The molecule has 1 atom stereocenters. The molecular weight excluding hydrogens is 395 g/mol. The van der Waals surface area contributed by atoms with Crippen LogP contribution in [0.1, 0.15) is 37.0 Å². The quantitative estimate of drug-likeness (QED) is 0.667. The van der Waals surface area contributed by atoms with Gasteiger partial charge in [-0.25, -0.2) is 0 Å². The van der Waals surface area contributed by atoms with Crippen LogP contribution in [0.5, 0.6) is 0 Å². The molecule has 0 saturated heterocycles. The van der Waals surface area contributed by atoms with Crippen LogP contribution in [0.4, 0.5) is 0 Å². The van der Waals surface area contributed by atoms with E-state index in [1.54, 1.807) is 23.1 Å². The third-order valence-corrected chi connectivity index (χ3v) is 5.44. The Morgan fingerprint density at radius 3 is 2.25 bits per heavy atom. The van der Waals surface area contributed by atoms with Gasteiger partial charge >= 0.3 is 0 Å². The van der Waals surface area contributed by atoms with Crippen LogP contribution in [0.2, 0.25) is 10.0 Å². The summed E-state index contributed by atoms with van der Waals surface area (Å²) in [5.41, 5.74) is 2.65. The van der Waals surface area contributed by atoms with Crippen molar-refractivity contribution < 1.29 is 9.59 Å². The fourth-order valence-electron chi connectivity index (χ4n) is 3.14. The van der Waals surface area contributed by atoms with Crippen LogP contribution in [0.3, 0.4) is 0 Å². The molecule has 1 N–H and O–H groups in total. The normalized spacial score (nSPS) is 11.8. The zero-order valence-corrected chi connectivity index (χ0v) is 18.0. The minimum Gasteiger partial charge on any atom is -0.355 e. The van der Waals surface area contributed by atoms with E-state index in [2.05, 4.69) is 5.32 Å². The number of hydrogen-bond donors (Lipinski definition) is 1. The van der Waals surface area contributed by atoms with Crippen molar-refractivity contribution in [2.75, 3.05) is 6.54 Å². The highest BCUT2D eigenvalue weighted by Crippen LogP contribution is 2.26. The van der Waals surface area contributed by atoms with Crippen LogP contribution in [-0.2, 0) is 22.6 Å². The Labute approximate surface area is 176 Å². The molecule has 28 heavy (non-hydrogen) atoms. The van der Waals surface area contributed by atoms with Crippen molar-refractivity contribution in [2.45, 2.75) is 46.2 Å². The molecule has 0 radical (unpaired) electrons. The lowest BCUT2D eigenvalue weighted by atomic mass is 10.0. The number of carbonyl (C=O) groups is 2. The first-order chi connectivity index (χ1) is 13.4. The van der Waals surface area contributed by atoms with Crippen molar-refractivity contribution in [1.29, 1.82) is 0 Å². The van der Waals surface area contributed by atoms with Gasteiger partial charge in [-0.3, -0.25) is 9.59 Å². The Morgan fingerprint density at radius 2 is 1.68 bits per heavy atom. The van der Waals surface area contributed by atoms with E-state index in [0.717, 1.165) is 11.1 Å². The first-order valence-electron chi connectivity index (χ1n) is 9.43. The number of nitrogens with zero attached hydrogens (tertiary/aromatic N) is 1. The summed E-state index contributed by atoms with van der Waals surface area (Å²) in [4.78, 5) is 27.5. The molecule has 0 aliphatic rings. The third kappa shape index (κ3) is 5.49. The van der Waals surface area contributed by atoms with E-state index < -0.39 is 6.04 Å². The van der Waals surface area contributed by atoms with E-state index in [0.29, 0.717) is 35.1 Å². The first kappa shape index (κ1) is 22.3. The standard InChI is InChI=1S/C22H26Cl2N2O2/c1-4-20(22(28)25-5-2)26(14-16-10-7-6-9-15(16)3)21(27)13-17-18(23)11-8-12-19(17)24/h6-12,20H,4-5,13-14H2,1-3H3,(H,25,28). The van der Waals surface area contributed by atoms with Crippen LogP contribution in [-0.4, -0.2) is 29.3 Å². The molecule has 0 heterocycles. The number of likely N-dealkylation sites (N-methyl/N-ethyl adjacent to an activating group) is 1. The molecule has 150 valence electrons. The number of amides is 2. The molecule has 0 bridgehead atoms. The van der Waals surface area contributed by atoms with Crippen LogP contribution in [0.25, 0.3) is 0 Å². The van der Waals surface area contributed by atoms with Crippen LogP contribution >= 0.6 is 23.2 Å². The lowest BCUT2D eigenvalue weighted by Crippen LogP contribution is -2.49. The number of carbonyl (C=O) groups excluding carboxylic acids is 2. The van der Waals surface area contributed by atoms with Crippen LogP contribution in [0, 0.1) is 6.92 Å². The Kier molecular flexibility index (Phi) is 8.34. The fourth-order valence-corrected chi connectivity index (χ4v) is 3.67. The monoisotopic (exact) mass is 420 g/mol. The lowest BCUT2D eigenvalue weighted by Gasteiger charge is -2.31. The highest BCUT2D eigenvalue weighted by molar-refractivity contribution is 6.36. The number of nitrogens with one attached hydrogen (secondary N) is 1. The first-order valence-corrected chi connectivity index (χ1v) is 10.2. The van der Waals surface area contributed by atoms with Gasteiger partial charge in [0.2, 0.25) is 11.8 Å². The minimum atomic E-state index is -0.562. The Bertz CT molecular complexity index is 819. The van der Waals surface area contributed by atoms with Gasteiger partial charge in [0.05, 0.1) is 6.42 Å². The number of hydrogen-bond acceptors (Lipinski definition) is 2. The van der Waals surface area contributed by atoms with E-state index in [1.165, 1.54) is 0 Å². The summed E-state index contributed by atoms with van der Waals surface area (Å²) in [5, 5.41) is 3.73. The SMILES string of the molecule is CCNC(=O)C(CC)N(Cc1ccccc1C)C(=O)Cc1c(Cl)cccc1Cl. The third-order valence-electron chi connectivity index (χ3n) is 4.73. The van der Waals surface area contributed by atoms with Crippen LogP contribution in [0.15, 0.2) is 42.5 Å². The van der Waals surface area contributed by atoms with Gasteiger partial charge in [0.1, 0.15) is 6.04 Å². The lowest BCUT2D eigenvalue weighted by molar-refractivity contribution is -0.140. The summed E-state index contributed by atoms with van der Waals surface area (Å²) in [7, 11) is 0. The van der Waals surface area contributed by atoms with Crippen molar-refractivity contribution in [3.05, 3.63) is 69.2 Å². The van der Waals surface area contributed by atoms with Crippen molar-refractivity contribution >= 4 is 35.0 Å². The van der Waals surface area contributed by atoms with Crippen LogP contribution < -0.4 is 5.32 Å². The molecule has 0 aliphatic carbocycles. The van der Waals surface area contributed by atoms with E-state index >= 15 is 0 Å². The second-order valence-electron chi connectivity index (χ2n) is 6.64. The van der Waals surface area contributed by atoms with Gasteiger partial charge < -0.3 is 10.2 Å². The Balaban J connectivity index is 2.37. The van der Waals surface area contributed by atoms with E-state index in [-0.39, 0.29) is 18.2 Å². The van der Waals surface area contributed by atoms with Gasteiger partial charge in [-0.05, 0) is 49.1 Å². The van der Waals surface area contributed by atoms with Gasteiger partial charge in [0.25, 0.3) is 0 Å². The molecule has 0 aliphatic heterocycles. The van der Waals surface area contributed by atoms with Crippen molar-refractivity contribution in [3.8, 4) is 0 Å². The predicted molar refractivity (Wildman–Crippen MR) is 115 cm³/mol. The molecule has 6 heteroatoms. The summed E-state index contributed by atoms with van der Waals surface area (Å²) >= 11 is 12.5. The number of benzene rings is 2. The van der Waals surface area contributed by atoms with E-state index in [9.17, 15) is 9.59 Å².